The van der Waals surface area contributed by atoms with Crippen LogP contribution in [-0.4, -0.2) is 13.1 Å². The Kier molecular flexibility index (Phi) is 5.18. The summed E-state index contributed by atoms with van der Waals surface area (Å²) in [6, 6.07) is 2.10. The van der Waals surface area contributed by atoms with Crippen molar-refractivity contribution < 1.29 is 9.53 Å². The first-order valence-corrected chi connectivity index (χ1v) is 3.67. The van der Waals surface area contributed by atoms with Crippen LogP contribution in [0, 0.1) is 17.2 Å². The lowest BCUT2D eigenvalue weighted by Gasteiger charge is -2.00. The third kappa shape index (κ3) is 5.41. The molecule has 0 aliphatic rings. The smallest absolute Gasteiger partial charge is 0.305 e. The average molecular weight is 155 g/mol. The second-order valence-corrected chi connectivity index (χ2v) is 2.50. The van der Waals surface area contributed by atoms with Crippen molar-refractivity contribution in [2.45, 2.75) is 26.2 Å². The van der Waals surface area contributed by atoms with Crippen molar-refractivity contribution in [2.24, 2.45) is 5.92 Å². The van der Waals surface area contributed by atoms with Gasteiger partial charge in [0.15, 0.2) is 0 Å². The summed E-state index contributed by atoms with van der Waals surface area (Å²) in [4.78, 5) is 10.6. The van der Waals surface area contributed by atoms with Crippen LogP contribution in [0.1, 0.15) is 26.2 Å². The lowest BCUT2D eigenvalue weighted by Crippen LogP contribution is -2.00. The molecule has 0 aromatic carbocycles. The molecule has 0 radical (unpaired) electrons. The zero-order valence-corrected chi connectivity index (χ0v) is 6.96. The molecule has 1 atom stereocenters. The first-order valence-electron chi connectivity index (χ1n) is 3.67. The molecule has 0 N–H and O–H groups in total. The molecule has 0 aromatic rings. The van der Waals surface area contributed by atoms with Crippen molar-refractivity contribution in [3.05, 3.63) is 0 Å². The van der Waals surface area contributed by atoms with Crippen LogP contribution in [0.5, 0.6) is 0 Å². The third-order valence-corrected chi connectivity index (χ3v) is 1.47. The van der Waals surface area contributed by atoms with Gasteiger partial charge < -0.3 is 4.74 Å². The van der Waals surface area contributed by atoms with E-state index in [0.29, 0.717) is 6.42 Å². The molecule has 0 spiro atoms. The predicted octanol–water partition coefficient (Wildman–Crippen LogP) is 1.49. The highest BCUT2D eigenvalue weighted by Crippen LogP contribution is 2.06. The summed E-state index contributed by atoms with van der Waals surface area (Å²) in [5, 5.41) is 8.39. The Morgan fingerprint density at radius 1 is 1.73 bits per heavy atom. The SMILES string of the molecule is COC(=O)CCCC(C)C#N. The first-order chi connectivity index (χ1) is 5.20. The molecule has 1 unspecified atom stereocenters. The summed E-state index contributed by atoms with van der Waals surface area (Å²) < 4.78 is 4.44. The van der Waals surface area contributed by atoms with Crippen LogP contribution in [0.25, 0.3) is 0 Å². The van der Waals surface area contributed by atoms with Crippen molar-refractivity contribution in [3.63, 3.8) is 0 Å². The van der Waals surface area contributed by atoms with Gasteiger partial charge in [-0.05, 0) is 19.8 Å². The van der Waals surface area contributed by atoms with E-state index in [1.807, 2.05) is 6.92 Å². The Bertz CT molecular complexity index is 160. The Labute approximate surface area is 67.0 Å². The average Bonchev–Trinajstić information content (AvgIpc) is 2.04. The molecule has 0 saturated carbocycles. The molecule has 0 rings (SSSR count). The van der Waals surface area contributed by atoms with Gasteiger partial charge in [-0.15, -0.1) is 0 Å². The maximum absolute atomic E-state index is 10.6. The second kappa shape index (κ2) is 5.72. The van der Waals surface area contributed by atoms with Crippen LogP contribution < -0.4 is 0 Å². The van der Waals surface area contributed by atoms with Crippen LogP contribution in [0.4, 0.5) is 0 Å². The van der Waals surface area contributed by atoms with Crippen LogP contribution in [0.15, 0.2) is 0 Å². The molecule has 3 heteroatoms. The number of nitriles is 1. The minimum absolute atomic E-state index is 0.0413. The van der Waals surface area contributed by atoms with E-state index in [1.165, 1.54) is 7.11 Å². The zero-order valence-electron chi connectivity index (χ0n) is 6.96. The summed E-state index contributed by atoms with van der Waals surface area (Å²) in [7, 11) is 1.37. The quantitative estimate of drug-likeness (QED) is 0.578. The van der Waals surface area contributed by atoms with Gasteiger partial charge >= 0.3 is 5.97 Å². The predicted molar refractivity (Wildman–Crippen MR) is 40.6 cm³/mol. The van der Waals surface area contributed by atoms with Gasteiger partial charge in [0.2, 0.25) is 0 Å². The van der Waals surface area contributed by atoms with Crippen LogP contribution >= 0.6 is 0 Å². The molecule has 0 aromatic heterocycles. The molecule has 0 aliphatic heterocycles. The molecule has 11 heavy (non-hydrogen) atoms. The zero-order chi connectivity index (χ0) is 8.69. The van der Waals surface area contributed by atoms with Crippen molar-refractivity contribution in [3.8, 4) is 6.07 Å². The Morgan fingerprint density at radius 2 is 2.36 bits per heavy atom. The maximum Gasteiger partial charge on any atom is 0.305 e. The number of hydrogen-bond acceptors (Lipinski definition) is 3. The van der Waals surface area contributed by atoms with Crippen molar-refractivity contribution in [2.75, 3.05) is 7.11 Å². The highest BCUT2D eigenvalue weighted by atomic mass is 16.5. The van der Waals surface area contributed by atoms with Gasteiger partial charge in [-0.3, -0.25) is 4.79 Å². The number of carbonyl (C=O) groups excluding carboxylic acids is 1. The third-order valence-electron chi connectivity index (χ3n) is 1.47. The number of carbonyl (C=O) groups is 1. The number of esters is 1. The summed E-state index contributed by atoms with van der Waals surface area (Å²) >= 11 is 0. The monoisotopic (exact) mass is 155 g/mol. The molecule has 0 aliphatic carbocycles. The molecule has 0 saturated heterocycles. The summed E-state index contributed by atoms with van der Waals surface area (Å²) in [5.74, 6) is -0.158. The summed E-state index contributed by atoms with van der Waals surface area (Å²) in [6.07, 6.45) is 1.93. The Morgan fingerprint density at radius 3 is 2.82 bits per heavy atom. The largest absolute Gasteiger partial charge is 0.469 e. The molecule has 0 amide bonds. The lowest BCUT2D eigenvalue weighted by molar-refractivity contribution is -0.140. The normalized spacial score (nSPS) is 11.7. The minimum atomic E-state index is -0.199. The fraction of sp³-hybridized carbons (Fsp3) is 0.750. The maximum atomic E-state index is 10.6. The van der Waals surface area contributed by atoms with E-state index in [1.54, 1.807) is 0 Å². The highest BCUT2D eigenvalue weighted by Gasteiger charge is 2.02. The first kappa shape index (κ1) is 9.96. The van der Waals surface area contributed by atoms with Gasteiger partial charge in [-0.1, -0.05) is 0 Å². The number of hydrogen-bond donors (Lipinski definition) is 0. The van der Waals surface area contributed by atoms with E-state index in [9.17, 15) is 4.79 Å². The molecule has 62 valence electrons. The van der Waals surface area contributed by atoms with Crippen molar-refractivity contribution in [1.82, 2.24) is 0 Å². The standard InChI is InChI=1S/C8H13NO2/c1-7(6-9)4-3-5-8(10)11-2/h7H,3-5H2,1-2H3. The second-order valence-electron chi connectivity index (χ2n) is 2.50. The molecular formula is C8H13NO2. The molecule has 0 fully saturated rings. The lowest BCUT2D eigenvalue weighted by atomic mass is 10.1. The van der Waals surface area contributed by atoms with Crippen molar-refractivity contribution >= 4 is 5.97 Å². The molecule has 0 bridgehead atoms. The van der Waals surface area contributed by atoms with E-state index < -0.39 is 0 Å². The van der Waals surface area contributed by atoms with Gasteiger partial charge in [0.05, 0.1) is 13.2 Å². The molecular weight excluding hydrogens is 142 g/mol. The Hall–Kier alpha value is -1.04. The summed E-state index contributed by atoms with van der Waals surface area (Å²) in [6.45, 7) is 1.84. The Balaban J connectivity index is 3.29. The molecule has 3 nitrogen and oxygen atoms in total. The molecule has 0 heterocycles. The van der Waals surface area contributed by atoms with E-state index in [0.717, 1.165) is 12.8 Å². The fourth-order valence-corrected chi connectivity index (χ4v) is 0.719. The number of ether oxygens (including phenoxy) is 1. The van der Waals surface area contributed by atoms with Gasteiger partial charge in [0.25, 0.3) is 0 Å². The van der Waals surface area contributed by atoms with Crippen LogP contribution in [0.3, 0.4) is 0 Å². The van der Waals surface area contributed by atoms with E-state index in [-0.39, 0.29) is 11.9 Å². The van der Waals surface area contributed by atoms with Gasteiger partial charge in [-0.2, -0.15) is 5.26 Å². The van der Waals surface area contributed by atoms with Gasteiger partial charge in [0.1, 0.15) is 0 Å². The number of nitrogens with zero attached hydrogens (tertiary/aromatic N) is 1. The van der Waals surface area contributed by atoms with Crippen molar-refractivity contribution in [1.29, 1.82) is 5.26 Å². The van der Waals surface area contributed by atoms with E-state index >= 15 is 0 Å². The van der Waals surface area contributed by atoms with E-state index in [2.05, 4.69) is 10.8 Å². The van der Waals surface area contributed by atoms with Gasteiger partial charge in [-0.25, -0.2) is 0 Å². The summed E-state index contributed by atoms with van der Waals surface area (Å²) in [5.41, 5.74) is 0. The van der Waals surface area contributed by atoms with Gasteiger partial charge in [0, 0.05) is 12.3 Å². The topological polar surface area (TPSA) is 50.1 Å². The van der Waals surface area contributed by atoms with Crippen LogP contribution in [0.2, 0.25) is 0 Å². The van der Waals surface area contributed by atoms with E-state index in [4.69, 9.17) is 5.26 Å². The number of methoxy groups -OCH3 is 1. The minimum Gasteiger partial charge on any atom is -0.469 e. The van der Waals surface area contributed by atoms with Crippen LogP contribution in [-0.2, 0) is 9.53 Å². The number of rotatable bonds is 4. The fourth-order valence-electron chi connectivity index (χ4n) is 0.719. The highest BCUT2D eigenvalue weighted by molar-refractivity contribution is 5.68.